The Morgan fingerprint density at radius 3 is 2.57 bits per heavy atom. The van der Waals surface area contributed by atoms with Crippen LogP contribution in [0.4, 0.5) is 5.69 Å². The van der Waals surface area contributed by atoms with Gasteiger partial charge in [0.15, 0.2) is 0 Å². The first-order chi connectivity index (χ1) is 10.3. The minimum atomic E-state index is 0.853. The Labute approximate surface area is 126 Å². The molecule has 108 valence electrons. The summed E-state index contributed by atoms with van der Waals surface area (Å²) in [6, 6.07) is 14.6. The van der Waals surface area contributed by atoms with E-state index in [1.54, 1.807) is 0 Å². The molecule has 21 heavy (non-hydrogen) atoms. The van der Waals surface area contributed by atoms with Crippen LogP contribution in [0, 0.1) is 0 Å². The maximum atomic E-state index is 6.36. The minimum absolute atomic E-state index is 0.853. The lowest BCUT2D eigenvalue weighted by molar-refractivity contribution is 0.667. The third kappa shape index (κ3) is 2.85. The smallest absolute Gasteiger partial charge is 0.0730 e. The average molecular weight is 278 g/mol. The molecule has 0 fully saturated rings. The molecule has 0 saturated carbocycles. The number of aryl methyl sites for hydroxylation is 1. The lowest BCUT2D eigenvalue weighted by Crippen LogP contribution is -1.94. The molecule has 2 nitrogen and oxygen atoms in total. The number of aromatic nitrogens is 1. The highest BCUT2D eigenvalue weighted by Gasteiger charge is 2.06. The van der Waals surface area contributed by atoms with Crippen molar-refractivity contribution in [1.82, 2.24) is 4.98 Å². The van der Waals surface area contributed by atoms with Gasteiger partial charge in [0.05, 0.1) is 16.7 Å². The maximum absolute atomic E-state index is 6.36. The van der Waals surface area contributed by atoms with E-state index in [4.69, 9.17) is 10.7 Å². The summed E-state index contributed by atoms with van der Waals surface area (Å²) in [4.78, 5) is 4.71. The van der Waals surface area contributed by atoms with E-state index < -0.39 is 0 Å². The molecule has 0 aliphatic heterocycles. The number of fused-ring (bicyclic) bond motifs is 2. The third-order valence-corrected chi connectivity index (χ3v) is 4.11. The number of nitrogens with two attached hydrogens (primary N) is 1. The van der Waals surface area contributed by atoms with Gasteiger partial charge in [0.2, 0.25) is 0 Å². The van der Waals surface area contributed by atoms with Crippen molar-refractivity contribution < 1.29 is 0 Å². The van der Waals surface area contributed by atoms with Crippen molar-refractivity contribution in [3.63, 3.8) is 0 Å². The fourth-order valence-corrected chi connectivity index (χ4v) is 2.88. The van der Waals surface area contributed by atoms with Crippen LogP contribution in [0.5, 0.6) is 0 Å². The summed E-state index contributed by atoms with van der Waals surface area (Å²) in [5.41, 5.74) is 10.5. The number of nitrogen functional groups attached to an aromatic ring is 1. The molecule has 2 aromatic carbocycles. The number of hydrogen-bond donors (Lipinski definition) is 1. The molecule has 2 N–H and O–H groups in total. The predicted octanol–water partition coefficient (Wildman–Crippen LogP) is 5.09. The van der Waals surface area contributed by atoms with Gasteiger partial charge in [-0.3, -0.25) is 0 Å². The number of anilines is 1. The van der Waals surface area contributed by atoms with Crippen molar-refractivity contribution >= 4 is 27.5 Å². The fraction of sp³-hybridized carbons (Fsp3) is 0.316. The lowest BCUT2D eigenvalue weighted by atomic mass is 10.0. The van der Waals surface area contributed by atoms with Crippen molar-refractivity contribution in [3.05, 3.63) is 48.0 Å². The van der Waals surface area contributed by atoms with Crippen molar-refractivity contribution in [2.45, 2.75) is 39.0 Å². The van der Waals surface area contributed by atoms with Gasteiger partial charge < -0.3 is 5.73 Å². The summed E-state index contributed by atoms with van der Waals surface area (Å²) in [5, 5.41) is 2.13. The molecule has 0 bridgehead atoms. The van der Waals surface area contributed by atoms with Gasteiger partial charge >= 0.3 is 0 Å². The Bertz CT molecular complexity index is 762. The van der Waals surface area contributed by atoms with E-state index in [0.29, 0.717) is 0 Å². The molecule has 1 heterocycles. The molecular formula is C19H22N2. The molecule has 3 aromatic rings. The molecular weight excluding hydrogens is 256 g/mol. The van der Waals surface area contributed by atoms with Gasteiger partial charge in [-0.05, 0) is 36.6 Å². The topological polar surface area (TPSA) is 38.9 Å². The maximum Gasteiger partial charge on any atom is 0.0730 e. The van der Waals surface area contributed by atoms with Crippen LogP contribution in [0.3, 0.4) is 0 Å². The van der Waals surface area contributed by atoms with E-state index in [1.807, 2.05) is 24.3 Å². The summed E-state index contributed by atoms with van der Waals surface area (Å²) in [7, 11) is 0. The zero-order valence-electron chi connectivity index (χ0n) is 12.6. The van der Waals surface area contributed by atoms with Crippen molar-refractivity contribution in [3.8, 4) is 0 Å². The Kier molecular flexibility index (Phi) is 4.05. The van der Waals surface area contributed by atoms with E-state index >= 15 is 0 Å². The normalized spacial score (nSPS) is 11.3. The Balaban J connectivity index is 1.96. The minimum Gasteiger partial charge on any atom is -0.398 e. The first-order valence-corrected chi connectivity index (χ1v) is 7.86. The Morgan fingerprint density at radius 1 is 0.905 bits per heavy atom. The van der Waals surface area contributed by atoms with Crippen molar-refractivity contribution in [2.75, 3.05) is 5.73 Å². The second-order valence-corrected chi connectivity index (χ2v) is 5.70. The predicted molar refractivity (Wildman–Crippen MR) is 91.5 cm³/mol. The van der Waals surface area contributed by atoms with Crippen LogP contribution in [0.1, 0.15) is 38.2 Å². The molecule has 3 rings (SSSR count). The van der Waals surface area contributed by atoms with Crippen LogP contribution < -0.4 is 5.73 Å². The Hall–Kier alpha value is -2.09. The zero-order chi connectivity index (χ0) is 14.7. The van der Waals surface area contributed by atoms with Gasteiger partial charge in [0.1, 0.15) is 0 Å². The van der Waals surface area contributed by atoms with Crippen molar-refractivity contribution in [1.29, 1.82) is 0 Å². The highest BCUT2D eigenvalue weighted by molar-refractivity contribution is 6.06. The molecule has 0 radical (unpaired) electrons. The van der Waals surface area contributed by atoms with E-state index in [1.165, 1.54) is 31.2 Å². The molecule has 0 amide bonds. The number of nitrogens with zero attached hydrogens (tertiary/aromatic N) is 1. The van der Waals surface area contributed by atoms with Crippen LogP contribution in [0.15, 0.2) is 42.5 Å². The molecule has 0 saturated heterocycles. The number of rotatable bonds is 5. The molecule has 0 atom stereocenters. The molecule has 2 heteroatoms. The molecule has 0 aliphatic carbocycles. The molecule has 0 spiro atoms. The number of benzene rings is 2. The average Bonchev–Trinajstić information content (AvgIpc) is 2.52. The number of unbranched alkanes of at least 4 members (excludes halogenated alkanes) is 3. The monoisotopic (exact) mass is 278 g/mol. The second kappa shape index (κ2) is 6.13. The van der Waals surface area contributed by atoms with E-state index in [9.17, 15) is 0 Å². The number of pyridine rings is 1. The van der Waals surface area contributed by atoms with Crippen molar-refractivity contribution in [2.24, 2.45) is 0 Å². The van der Waals surface area contributed by atoms with Crippen LogP contribution >= 0.6 is 0 Å². The highest BCUT2D eigenvalue weighted by atomic mass is 14.7. The quantitative estimate of drug-likeness (QED) is 0.521. The van der Waals surface area contributed by atoms with Crippen LogP contribution in [-0.2, 0) is 6.42 Å². The third-order valence-electron chi connectivity index (χ3n) is 4.11. The summed E-state index contributed by atoms with van der Waals surface area (Å²) in [6.07, 6.45) is 6.28. The van der Waals surface area contributed by atoms with Gasteiger partial charge in [-0.25, -0.2) is 4.98 Å². The largest absolute Gasteiger partial charge is 0.398 e. The van der Waals surface area contributed by atoms with Gasteiger partial charge in [-0.1, -0.05) is 50.5 Å². The van der Waals surface area contributed by atoms with E-state index in [0.717, 1.165) is 33.9 Å². The lowest BCUT2D eigenvalue weighted by Gasteiger charge is -2.08. The van der Waals surface area contributed by atoms with Gasteiger partial charge in [-0.2, -0.15) is 0 Å². The summed E-state index contributed by atoms with van der Waals surface area (Å²) in [6.45, 7) is 2.24. The summed E-state index contributed by atoms with van der Waals surface area (Å²) < 4.78 is 0. The van der Waals surface area contributed by atoms with E-state index in [-0.39, 0.29) is 0 Å². The summed E-state index contributed by atoms with van der Waals surface area (Å²) >= 11 is 0. The molecule has 0 unspecified atom stereocenters. The van der Waals surface area contributed by atoms with Crippen LogP contribution in [-0.4, -0.2) is 4.98 Å². The fourth-order valence-electron chi connectivity index (χ4n) is 2.88. The van der Waals surface area contributed by atoms with Crippen LogP contribution in [0.25, 0.3) is 21.8 Å². The SMILES string of the molecule is CCCCCCc1ccc2nc3ccccc3c(N)c2c1. The zero-order valence-corrected chi connectivity index (χ0v) is 12.6. The standard InChI is InChI=1S/C19H22N2/c1-2-3-4-5-8-14-11-12-18-16(13-14)19(20)15-9-6-7-10-17(15)21-18/h6-7,9-13H,2-5,8H2,1H3,(H2,20,21). The van der Waals surface area contributed by atoms with Gasteiger partial charge in [0, 0.05) is 10.8 Å². The molecule has 1 aromatic heterocycles. The number of hydrogen-bond acceptors (Lipinski definition) is 2. The summed E-state index contributed by atoms with van der Waals surface area (Å²) in [5.74, 6) is 0. The van der Waals surface area contributed by atoms with Crippen LogP contribution in [0.2, 0.25) is 0 Å². The van der Waals surface area contributed by atoms with E-state index in [2.05, 4.69) is 25.1 Å². The molecule has 0 aliphatic rings. The Morgan fingerprint density at radius 2 is 1.71 bits per heavy atom. The highest BCUT2D eigenvalue weighted by Crippen LogP contribution is 2.29. The first-order valence-electron chi connectivity index (χ1n) is 7.86. The number of para-hydroxylation sites is 1. The second-order valence-electron chi connectivity index (χ2n) is 5.70. The first kappa shape index (κ1) is 13.9. The van der Waals surface area contributed by atoms with Gasteiger partial charge in [0.25, 0.3) is 0 Å². The van der Waals surface area contributed by atoms with Gasteiger partial charge in [-0.15, -0.1) is 0 Å².